The van der Waals surface area contributed by atoms with Crippen LogP contribution in [0.15, 0.2) is 30.3 Å². The van der Waals surface area contributed by atoms with Crippen LogP contribution in [0, 0.1) is 18.3 Å². The highest BCUT2D eigenvalue weighted by atomic mass is 16.5. The van der Waals surface area contributed by atoms with Crippen LogP contribution in [0.4, 0.5) is 11.8 Å². The van der Waals surface area contributed by atoms with Crippen molar-refractivity contribution in [2.75, 3.05) is 62.3 Å². The maximum atomic E-state index is 12.8. The van der Waals surface area contributed by atoms with Gasteiger partial charge in [0.2, 0.25) is 5.95 Å². The third-order valence-electron chi connectivity index (χ3n) is 5.25. The molecule has 0 unspecified atom stereocenters. The molecule has 150 valence electrons. The molecule has 2 fully saturated rings. The van der Waals surface area contributed by atoms with Crippen LogP contribution in [0.3, 0.4) is 0 Å². The minimum absolute atomic E-state index is 0.0408. The maximum absolute atomic E-state index is 12.8. The van der Waals surface area contributed by atoms with Gasteiger partial charge < -0.3 is 19.4 Å². The summed E-state index contributed by atoms with van der Waals surface area (Å²) >= 11 is 0. The largest absolute Gasteiger partial charge is 0.378 e. The van der Waals surface area contributed by atoms with E-state index in [1.165, 1.54) is 0 Å². The van der Waals surface area contributed by atoms with E-state index in [9.17, 15) is 4.79 Å². The molecule has 2 aliphatic rings. The quantitative estimate of drug-likeness (QED) is 0.782. The van der Waals surface area contributed by atoms with Gasteiger partial charge in [-0.25, -0.2) is 4.98 Å². The SMILES string of the molecule is Cc1cc(N2CCOCC2)nc(N2CCN(C(=O)c3cccc(C#N)c3)CC2)n1. The number of morpholine rings is 1. The Morgan fingerprint density at radius 1 is 1.03 bits per heavy atom. The first-order chi connectivity index (χ1) is 14.1. The highest BCUT2D eigenvalue weighted by molar-refractivity contribution is 5.94. The van der Waals surface area contributed by atoms with Gasteiger partial charge in [-0.2, -0.15) is 10.2 Å². The third-order valence-corrected chi connectivity index (χ3v) is 5.25. The molecule has 2 saturated heterocycles. The first-order valence-electron chi connectivity index (χ1n) is 9.87. The number of hydrogen-bond acceptors (Lipinski definition) is 7. The van der Waals surface area contributed by atoms with Crippen molar-refractivity contribution in [2.45, 2.75) is 6.92 Å². The van der Waals surface area contributed by atoms with Crippen LogP contribution in [-0.4, -0.2) is 73.3 Å². The fourth-order valence-electron chi connectivity index (χ4n) is 3.65. The lowest BCUT2D eigenvalue weighted by molar-refractivity contribution is 0.0746. The molecule has 1 aromatic heterocycles. The summed E-state index contributed by atoms with van der Waals surface area (Å²) in [6, 6.07) is 10.9. The summed E-state index contributed by atoms with van der Waals surface area (Å²) in [4.78, 5) is 28.4. The average molecular weight is 392 g/mol. The van der Waals surface area contributed by atoms with E-state index in [0.717, 1.165) is 24.6 Å². The molecule has 0 N–H and O–H groups in total. The molecule has 0 radical (unpaired) electrons. The predicted molar refractivity (Wildman–Crippen MR) is 109 cm³/mol. The van der Waals surface area contributed by atoms with Gasteiger partial charge in [0.15, 0.2) is 0 Å². The Morgan fingerprint density at radius 3 is 2.52 bits per heavy atom. The number of ether oxygens (including phenoxy) is 1. The number of aromatic nitrogens is 2. The van der Waals surface area contributed by atoms with Crippen LogP contribution in [-0.2, 0) is 4.74 Å². The van der Waals surface area contributed by atoms with Crippen molar-refractivity contribution in [2.24, 2.45) is 0 Å². The van der Waals surface area contributed by atoms with Crippen LogP contribution in [0.1, 0.15) is 21.6 Å². The highest BCUT2D eigenvalue weighted by Gasteiger charge is 2.24. The zero-order valence-electron chi connectivity index (χ0n) is 16.5. The van der Waals surface area contributed by atoms with E-state index in [1.807, 2.05) is 17.9 Å². The van der Waals surface area contributed by atoms with E-state index in [4.69, 9.17) is 15.0 Å². The topological polar surface area (TPSA) is 85.6 Å². The first kappa shape index (κ1) is 19.2. The molecule has 8 heteroatoms. The van der Waals surface area contributed by atoms with Crippen LogP contribution in [0.25, 0.3) is 0 Å². The number of amides is 1. The number of aryl methyl sites for hydroxylation is 1. The summed E-state index contributed by atoms with van der Waals surface area (Å²) in [7, 11) is 0. The molecule has 1 aromatic carbocycles. The summed E-state index contributed by atoms with van der Waals surface area (Å²) in [6.45, 7) is 7.63. The Kier molecular flexibility index (Phi) is 5.58. The number of nitriles is 1. The monoisotopic (exact) mass is 392 g/mol. The van der Waals surface area contributed by atoms with Crippen molar-refractivity contribution in [3.63, 3.8) is 0 Å². The van der Waals surface area contributed by atoms with Crippen molar-refractivity contribution in [1.29, 1.82) is 5.26 Å². The zero-order valence-corrected chi connectivity index (χ0v) is 16.5. The third kappa shape index (κ3) is 4.30. The van der Waals surface area contributed by atoms with E-state index >= 15 is 0 Å². The Labute approximate surface area is 170 Å². The predicted octanol–water partition coefficient (Wildman–Crippen LogP) is 1.46. The molecule has 2 aliphatic heterocycles. The van der Waals surface area contributed by atoms with Gasteiger partial charge in [0.1, 0.15) is 5.82 Å². The van der Waals surface area contributed by atoms with Crippen molar-refractivity contribution < 1.29 is 9.53 Å². The molecule has 1 amide bonds. The minimum atomic E-state index is -0.0408. The summed E-state index contributed by atoms with van der Waals surface area (Å²) in [5.74, 6) is 1.61. The average Bonchev–Trinajstić information content (AvgIpc) is 2.79. The number of benzene rings is 1. The van der Waals surface area contributed by atoms with Gasteiger partial charge in [-0.1, -0.05) is 6.07 Å². The van der Waals surface area contributed by atoms with Gasteiger partial charge >= 0.3 is 0 Å². The molecule has 3 heterocycles. The Bertz CT molecular complexity index is 927. The minimum Gasteiger partial charge on any atom is -0.378 e. The van der Waals surface area contributed by atoms with Crippen LogP contribution in [0.2, 0.25) is 0 Å². The van der Waals surface area contributed by atoms with E-state index in [1.54, 1.807) is 24.3 Å². The Morgan fingerprint density at radius 2 is 1.79 bits per heavy atom. The van der Waals surface area contributed by atoms with E-state index in [-0.39, 0.29) is 5.91 Å². The summed E-state index contributed by atoms with van der Waals surface area (Å²) in [6.07, 6.45) is 0. The number of nitrogens with zero attached hydrogens (tertiary/aromatic N) is 6. The molecule has 8 nitrogen and oxygen atoms in total. The van der Waals surface area contributed by atoms with E-state index < -0.39 is 0 Å². The van der Waals surface area contributed by atoms with Crippen molar-refractivity contribution in [3.05, 3.63) is 47.2 Å². The summed E-state index contributed by atoms with van der Waals surface area (Å²) < 4.78 is 5.43. The standard InChI is InChI=1S/C21H24N6O2/c1-16-13-19(25-9-11-29-12-10-25)24-21(23-16)27-7-5-26(6-8-27)20(28)18-4-2-3-17(14-18)15-22/h2-4,13-14H,5-12H2,1H3. The highest BCUT2D eigenvalue weighted by Crippen LogP contribution is 2.20. The molecule has 0 atom stereocenters. The number of carbonyl (C=O) groups is 1. The van der Waals surface area contributed by atoms with Gasteiger partial charge in [0, 0.05) is 56.6 Å². The van der Waals surface area contributed by atoms with Crippen molar-refractivity contribution in [1.82, 2.24) is 14.9 Å². The van der Waals surface area contributed by atoms with Gasteiger partial charge in [0.05, 0.1) is 24.8 Å². The molecule has 2 aromatic rings. The molecule has 4 rings (SSSR count). The summed E-state index contributed by atoms with van der Waals surface area (Å²) in [5.41, 5.74) is 1.99. The molecule has 0 saturated carbocycles. The van der Waals surface area contributed by atoms with Crippen LogP contribution >= 0.6 is 0 Å². The second kappa shape index (κ2) is 8.45. The molecule has 0 bridgehead atoms. The first-order valence-corrected chi connectivity index (χ1v) is 9.87. The fourth-order valence-corrected chi connectivity index (χ4v) is 3.65. The van der Waals surface area contributed by atoms with Gasteiger partial charge in [-0.05, 0) is 25.1 Å². The van der Waals surface area contributed by atoms with Gasteiger partial charge in [-0.3, -0.25) is 4.79 Å². The Hall–Kier alpha value is -3.18. The van der Waals surface area contributed by atoms with E-state index in [0.29, 0.717) is 56.5 Å². The number of carbonyl (C=O) groups excluding carboxylic acids is 1. The van der Waals surface area contributed by atoms with Crippen LogP contribution in [0.5, 0.6) is 0 Å². The van der Waals surface area contributed by atoms with Crippen molar-refractivity contribution >= 4 is 17.7 Å². The van der Waals surface area contributed by atoms with Crippen molar-refractivity contribution in [3.8, 4) is 6.07 Å². The fraction of sp³-hybridized carbons (Fsp3) is 0.429. The molecular weight excluding hydrogens is 368 g/mol. The number of hydrogen-bond donors (Lipinski definition) is 0. The smallest absolute Gasteiger partial charge is 0.254 e. The number of rotatable bonds is 3. The normalized spacial score (nSPS) is 17.2. The molecule has 29 heavy (non-hydrogen) atoms. The van der Waals surface area contributed by atoms with Crippen LogP contribution < -0.4 is 9.80 Å². The second-order valence-corrected chi connectivity index (χ2v) is 7.24. The maximum Gasteiger partial charge on any atom is 0.254 e. The lowest BCUT2D eigenvalue weighted by Gasteiger charge is -2.35. The lowest BCUT2D eigenvalue weighted by Crippen LogP contribution is -2.49. The Balaban J connectivity index is 1.43. The van der Waals surface area contributed by atoms with E-state index in [2.05, 4.69) is 20.9 Å². The zero-order chi connectivity index (χ0) is 20.2. The summed E-state index contributed by atoms with van der Waals surface area (Å²) in [5, 5.41) is 9.05. The number of piperazine rings is 1. The molecular formula is C21H24N6O2. The molecule has 0 spiro atoms. The molecule has 0 aliphatic carbocycles. The number of anilines is 2. The lowest BCUT2D eigenvalue weighted by atomic mass is 10.1. The van der Waals surface area contributed by atoms with Gasteiger partial charge in [-0.15, -0.1) is 0 Å². The second-order valence-electron chi connectivity index (χ2n) is 7.24. The van der Waals surface area contributed by atoms with Gasteiger partial charge in [0.25, 0.3) is 5.91 Å².